The third-order valence-electron chi connectivity index (χ3n) is 9.41. The quantitative estimate of drug-likeness (QED) is 0.262. The van der Waals surface area contributed by atoms with Crippen molar-refractivity contribution in [1.29, 1.82) is 0 Å². The standard InChI is InChI=1S/C31H30N2O5/c1-3-17-4-6-19(7-5-17)32-15-18(13-26(32)34)31(37)38-20-8-11-25(16(2)12-20)33-29(35)27-21-9-10-22(24-14-23(21)24)28(27)30(33)36/h4-12,18,21-24,27-28H,3,13-15H2,1-2H3/t18-,21+,22+,23-,24+,27-,28-/m1/s1. The van der Waals surface area contributed by atoms with Gasteiger partial charge in [-0.3, -0.25) is 19.2 Å². The molecule has 0 aromatic heterocycles. The second kappa shape index (κ2) is 8.38. The predicted octanol–water partition coefficient (Wildman–Crippen LogP) is 4.07. The zero-order valence-electron chi connectivity index (χ0n) is 21.5. The zero-order chi connectivity index (χ0) is 26.3. The minimum absolute atomic E-state index is 0.101. The minimum Gasteiger partial charge on any atom is -0.426 e. The molecule has 4 aliphatic carbocycles. The van der Waals surface area contributed by atoms with E-state index in [-0.39, 0.29) is 54.4 Å². The molecule has 2 aliphatic heterocycles. The lowest BCUT2D eigenvalue weighted by Gasteiger charge is -2.37. The van der Waals surface area contributed by atoms with Crippen LogP contribution in [0.25, 0.3) is 0 Å². The Morgan fingerprint density at radius 1 is 0.947 bits per heavy atom. The van der Waals surface area contributed by atoms with Crippen LogP contribution in [-0.2, 0) is 25.6 Å². The number of carbonyl (C=O) groups is 4. The van der Waals surface area contributed by atoms with E-state index in [1.807, 2.05) is 31.2 Å². The largest absolute Gasteiger partial charge is 0.426 e. The van der Waals surface area contributed by atoms with Crippen molar-refractivity contribution in [3.63, 3.8) is 0 Å². The molecule has 2 aromatic carbocycles. The van der Waals surface area contributed by atoms with Gasteiger partial charge in [0, 0.05) is 18.7 Å². The monoisotopic (exact) mass is 510 g/mol. The van der Waals surface area contributed by atoms with Gasteiger partial charge in [0.1, 0.15) is 5.75 Å². The average Bonchev–Trinajstić information content (AvgIpc) is 3.60. The van der Waals surface area contributed by atoms with Crippen LogP contribution in [0.15, 0.2) is 54.6 Å². The lowest BCUT2D eigenvalue weighted by atomic mass is 9.63. The van der Waals surface area contributed by atoms with E-state index in [0.29, 0.717) is 28.8 Å². The van der Waals surface area contributed by atoms with Gasteiger partial charge < -0.3 is 9.64 Å². The fourth-order valence-corrected chi connectivity index (χ4v) is 7.36. The van der Waals surface area contributed by atoms with E-state index in [1.54, 1.807) is 23.1 Å². The van der Waals surface area contributed by atoms with Crippen molar-refractivity contribution in [2.45, 2.75) is 33.1 Å². The van der Waals surface area contributed by atoms with Crippen LogP contribution in [0, 0.1) is 48.3 Å². The second-order valence-electron chi connectivity index (χ2n) is 11.5. The third-order valence-corrected chi connectivity index (χ3v) is 9.41. The van der Waals surface area contributed by atoms with E-state index in [4.69, 9.17) is 4.74 Å². The minimum atomic E-state index is -0.562. The number of amides is 3. The first-order chi connectivity index (χ1) is 18.4. The fraction of sp³-hybridized carbons (Fsp3) is 0.419. The average molecular weight is 511 g/mol. The molecule has 4 fully saturated rings. The van der Waals surface area contributed by atoms with Crippen molar-refractivity contribution in [3.05, 3.63) is 65.7 Å². The van der Waals surface area contributed by atoms with Crippen LogP contribution in [0.5, 0.6) is 5.75 Å². The van der Waals surface area contributed by atoms with E-state index < -0.39 is 11.9 Å². The normalized spacial score (nSPS) is 32.6. The molecule has 2 saturated heterocycles. The molecule has 7 nitrogen and oxygen atoms in total. The number of carbonyl (C=O) groups excluding carboxylic acids is 4. The van der Waals surface area contributed by atoms with E-state index in [0.717, 1.165) is 18.5 Å². The summed E-state index contributed by atoms with van der Waals surface area (Å²) in [6.07, 6.45) is 6.48. The van der Waals surface area contributed by atoms with Gasteiger partial charge >= 0.3 is 5.97 Å². The van der Waals surface area contributed by atoms with Crippen LogP contribution in [0.3, 0.4) is 0 Å². The van der Waals surface area contributed by atoms with Crippen LogP contribution in [0.4, 0.5) is 11.4 Å². The van der Waals surface area contributed by atoms with Gasteiger partial charge in [0.05, 0.1) is 23.4 Å². The number of rotatable bonds is 5. The van der Waals surface area contributed by atoms with Crippen molar-refractivity contribution in [2.75, 3.05) is 16.3 Å². The van der Waals surface area contributed by atoms with Crippen molar-refractivity contribution >= 4 is 35.1 Å². The van der Waals surface area contributed by atoms with Gasteiger partial charge in [-0.25, -0.2) is 4.90 Å². The SMILES string of the molecule is CCc1ccc(N2C[C@H](C(=O)Oc3ccc(N4C(=O)[C@@H]5[C@H]6C=C[C@@H]([C@@H]7C[C@H]67)[C@H]5C4=O)c(C)c3)CC2=O)cc1. The Bertz CT molecular complexity index is 1380. The number of nitrogens with zero attached hydrogens (tertiary/aromatic N) is 2. The molecule has 7 heteroatoms. The van der Waals surface area contributed by atoms with Gasteiger partial charge in [-0.05, 0) is 84.9 Å². The Kier molecular flexibility index (Phi) is 5.16. The number of benzene rings is 2. The first-order valence-electron chi connectivity index (χ1n) is 13.6. The molecular formula is C31H30N2O5. The van der Waals surface area contributed by atoms with Gasteiger partial charge in [0.25, 0.3) is 0 Å². The van der Waals surface area contributed by atoms with Crippen molar-refractivity contribution in [2.24, 2.45) is 41.4 Å². The first kappa shape index (κ1) is 23.4. The Morgan fingerprint density at radius 2 is 1.61 bits per heavy atom. The number of allylic oxidation sites excluding steroid dienone is 2. The molecule has 2 aromatic rings. The molecule has 2 heterocycles. The topological polar surface area (TPSA) is 84.0 Å². The van der Waals surface area contributed by atoms with Gasteiger partial charge in [-0.2, -0.15) is 0 Å². The summed E-state index contributed by atoms with van der Waals surface area (Å²) in [6.45, 7) is 4.17. The molecule has 2 bridgehead atoms. The summed E-state index contributed by atoms with van der Waals surface area (Å²) in [4.78, 5) is 55.5. The van der Waals surface area contributed by atoms with Crippen LogP contribution >= 0.6 is 0 Å². The lowest BCUT2D eigenvalue weighted by molar-refractivity contribution is -0.139. The molecule has 194 valence electrons. The van der Waals surface area contributed by atoms with Gasteiger partial charge in [-0.1, -0.05) is 31.2 Å². The predicted molar refractivity (Wildman–Crippen MR) is 140 cm³/mol. The van der Waals surface area contributed by atoms with E-state index in [9.17, 15) is 19.2 Å². The molecule has 2 saturated carbocycles. The number of aryl methyl sites for hydroxylation is 2. The smallest absolute Gasteiger partial charge is 0.316 e. The third kappa shape index (κ3) is 3.40. The highest BCUT2D eigenvalue weighted by molar-refractivity contribution is 6.23. The summed E-state index contributed by atoms with van der Waals surface area (Å²) >= 11 is 0. The van der Waals surface area contributed by atoms with E-state index >= 15 is 0 Å². The highest BCUT2D eigenvalue weighted by Crippen LogP contribution is 2.65. The van der Waals surface area contributed by atoms with E-state index in [1.165, 1.54) is 10.5 Å². The van der Waals surface area contributed by atoms with Crippen molar-refractivity contribution in [3.8, 4) is 5.75 Å². The molecule has 6 aliphatic rings. The van der Waals surface area contributed by atoms with Gasteiger partial charge in [0.15, 0.2) is 0 Å². The van der Waals surface area contributed by atoms with Gasteiger partial charge in [0.2, 0.25) is 17.7 Å². The Morgan fingerprint density at radius 3 is 2.21 bits per heavy atom. The summed E-state index contributed by atoms with van der Waals surface area (Å²) in [7, 11) is 0. The summed E-state index contributed by atoms with van der Waals surface area (Å²) in [5.41, 5.74) is 3.22. The highest BCUT2D eigenvalue weighted by Gasteiger charge is 2.67. The molecule has 0 N–H and O–H groups in total. The summed E-state index contributed by atoms with van der Waals surface area (Å²) < 4.78 is 5.66. The lowest BCUT2D eigenvalue weighted by Crippen LogP contribution is -2.40. The summed E-state index contributed by atoms with van der Waals surface area (Å²) in [5, 5.41) is 0. The van der Waals surface area contributed by atoms with Gasteiger partial charge in [-0.15, -0.1) is 0 Å². The molecule has 0 unspecified atom stereocenters. The molecule has 7 atom stereocenters. The number of esters is 1. The molecular weight excluding hydrogens is 480 g/mol. The molecule has 3 amide bonds. The number of anilines is 2. The van der Waals surface area contributed by atoms with Crippen LogP contribution in [-0.4, -0.2) is 30.2 Å². The molecule has 0 radical (unpaired) electrons. The van der Waals surface area contributed by atoms with Crippen LogP contribution in [0.1, 0.15) is 30.9 Å². The zero-order valence-corrected chi connectivity index (χ0v) is 21.5. The maximum absolute atomic E-state index is 13.5. The highest BCUT2D eigenvalue weighted by atomic mass is 16.5. The number of hydrogen-bond acceptors (Lipinski definition) is 5. The summed E-state index contributed by atoms with van der Waals surface area (Å²) in [6, 6.07) is 12.8. The number of hydrogen-bond donors (Lipinski definition) is 0. The number of ether oxygens (including phenoxy) is 1. The first-order valence-corrected chi connectivity index (χ1v) is 13.6. The Hall–Kier alpha value is -3.74. The number of imide groups is 1. The maximum Gasteiger partial charge on any atom is 0.316 e. The Labute approximate surface area is 221 Å². The van der Waals surface area contributed by atoms with E-state index in [2.05, 4.69) is 19.1 Å². The van der Waals surface area contributed by atoms with Crippen molar-refractivity contribution in [1.82, 2.24) is 0 Å². The fourth-order valence-electron chi connectivity index (χ4n) is 7.36. The molecule has 0 spiro atoms. The van der Waals surface area contributed by atoms with Crippen LogP contribution < -0.4 is 14.5 Å². The molecule has 8 rings (SSSR count). The molecule has 38 heavy (non-hydrogen) atoms. The van der Waals surface area contributed by atoms with Crippen molar-refractivity contribution < 1.29 is 23.9 Å². The maximum atomic E-state index is 13.5. The second-order valence-corrected chi connectivity index (χ2v) is 11.5. The summed E-state index contributed by atoms with van der Waals surface area (Å²) in [5.74, 6) is -0.0239. The van der Waals surface area contributed by atoms with Crippen LogP contribution in [0.2, 0.25) is 0 Å². The Balaban J connectivity index is 1.05.